The van der Waals surface area contributed by atoms with Gasteiger partial charge in [-0.1, -0.05) is 35.9 Å². The van der Waals surface area contributed by atoms with Crippen LogP contribution in [0.1, 0.15) is 23.6 Å². The molecule has 2 N–H and O–H groups in total. The molecule has 0 aliphatic carbocycles. The third kappa shape index (κ3) is 3.68. The fourth-order valence-corrected chi connectivity index (χ4v) is 1.98. The zero-order valence-corrected chi connectivity index (χ0v) is 11.3. The monoisotopic (exact) mass is 297 g/mol. The third-order valence-corrected chi connectivity index (χ3v) is 3.21. The molecule has 0 heterocycles. The Morgan fingerprint density at radius 3 is 2.00 bits per heavy atom. The number of aliphatic hydroxyl groups excluding tert-OH is 1. The maximum absolute atomic E-state index is 12.5. The van der Waals surface area contributed by atoms with Gasteiger partial charge in [0.2, 0.25) is 0 Å². The Bertz CT molecular complexity index is 543. The summed E-state index contributed by atoms with van der Waals surface area (Å²) in [6.45, 7) is -0.142. The second kappa shape index (κ2) is 6.68. The lowest BCUT2D eigenvalue weighted by Crippen LogP contribution is -2.14. The molecule has 0 saturated heterocycles. The van der Waals surface area contributed by atoms with Crippen molar-refractivity contribution < 1.29 is 13.9 Å². The van der Waals surface area contributed by atoms with Gasteiger partial charge in [0, 0.05) is 16.3 Å². The van der Waals surface area contributed by atoms with Crippen molar-refractivity contribution in [1.82, 2.24) is 0 Å². The number of rotatable bonds is 5. The van der Waals surface area contributed by atoms with Gasteiger partial charge in [-0.25, -0.2) is 8.78 Å². The molecule has 5 heteroatoms. The molecule has 2 rings (SSSR count). The molecule has 0 aliphatic heterocycles. The highest BCUT2D eigenvalue weighted by Crippen LogP contribution is 2.24. The Morgan fingerprint density at radius 2 is 1.50 bits per heavy atom. The second-order valence-electron chi connectivity index (χ2n) is 4.35. The Balaban J connectivity index is 2.13. The standard InChI is InChI=1S/C15H14ClF2NO/c16-12-5-7-13(8-6-12)19-14(9-20)10-1-3-11(4-2-10)15(17)18/h1-8,14-15,19-20H,9H2. The molecule has 0 radical (unpaired) electrons. The van der Waals surface area contributed by atoms with E-state index in [0.29, 0.717) is 5.02 Å². The first-order valence-corrected chi connectivity index (χ1v) is 6.49. The molecule has 20 heavy (non-hydrogen) atoms. The molecule has 0 spiro atoms. The van der Waals surface area contributed by atoms with Crippen LogP contribution in [0.4, 0.5) is 14.5 Å². The number of anilines is 1. The molecule has 2 nitrogen and oxygen atoms in total. The second-order valence-corrected chi connectivity index (χ2v) is 4.79. The minimum Gasteiger partial charge on any atom is -0.394 e. The van der Waals surface area contributed by atoms with Crippen molar-refractivity contribution in [3.8, 4) is 0 Å². The van der Waals surface area contributed by atoms with Crippen LogP contribution in [0.3, 0.4) is 0 Å². The maximum atomic E-state index is 12.5. The van der Waals surface area contributed by atoms with Crippen molar-refractivity contribution in [2.75, 3.05) is 11.9 Å². The number of nitrogens with one attached hydrogen (secondary N) is 1. The van der Waals surface area contributed by atoms with Gasteiger partial charge in [-0.2, -0.15) is 0 Å². The van der Waals surface area contributed by atoms with Gasteiger partial charge in [0.15, 0.2) is 0 Å². The smallest absolute Gasteiger partial charge is 0.263 e. The summed E-state index contributed by atoms with van der Waals surface area (Å²) < 4.78 is 25.0. The molecule has 0 fully saturated rings. The molecule has 0 saturated carbocycles. The van der Waals surface area contributed by atoms with Crippen molar-refractivity contribution >= 4 is 17.3 Å². The van der Waals surface area contributed by atoms with Gasteiger partial charge in [-0.05, 0) is 29.8 Å². The van der Waals surface area contributed by atoms with E-state index in [-0.39, 0.29) is 18.2 Å². The fraction of sp³-hybridized carbons (Fsp3) is 0.200. The first-order chi connectivity index (χ1) is 9.60. The van der Waals surface area contributed by atoms with E-state index in [1.54, 1.807) is 36.4 Å². The molecule has 2 aromatic carbocycles. The van der Waals surface area contributed by atoms with E-state index >= 15 is 0 Å². The van der Waals surface area contributed by atoms with E-state index in [0.717, 1.165) is 11.3 Å². The Morgan fingerprint density at radius 1 is 0.950 bits per heavy atom. The van der Waals surface area contributed by atoms with Gasteiger partial charge in [0.25, 0.3) is 6.43 Å². The number of benzene rings is 2. The molecular weight excluding hydrogens is 284 g/mol. The average molecular weight is 298 g/mol. The normalized spacial score (nSPS) is 12.4. The molecule has 0 amide bonds. The Hall–Kier alpha value is -1.65. The number of aliphatic hydroxyl groups is 1. The van der Waals surface area contributed by atoms with Crippen LogP contribution in [0.25, 0.3) is 0 Å². The van der Waals surface area contributed by atoms with Crippen molar-refractivity contribution in [3.63, 3.8) is 0 Å². The summed E-state index contributed by atoms with van der Waals surface area (Å²) in [5, 5.41) is 13.2. The van der Waals surface area contributed by atoms with Crippen molar-refractivity contribution in [3.05, 3.63) is 64.7 Å². The molecule has 106 valence electrons. The Labute approximate surface area is 121 Å². The summed E-state index contributed by atoms with van der Waals surface area (Å²) in [7, 11) is 0. The lowest BCUT2D eigenvalue weighted by molar-refractivity contribution is 0.151. The predicted octanol–water partition coefficient (Wildman–Crippen LogP) is 4.42. The summed E-state index contributed by atoms with van der Waals surface area (Å²) in [6, 6.07) is 12.6. The number of hydrogen-bond donors (Lipinski definition) is 2. The topological polar surface area (TPSA) is 32.3 Å². The average Bonchev–Trinajstić information content (AvgIpc) is 2.47. The largest absolute Gasteiger partial charge is 0.394 e. The minimum atomic E-state index is -2.49. The number of alkyl halides is 2. The summed E-state index contributed by atoms with van der Waals surface area (Å²) in [5.74, 6) is 0. The highest BCUT2D eigenvalue weighted by atomic mass is 35.5. The van der Waals surface area contributed by atoms with E-state index < -0.39 is 6.43 Å². The van der Waals surface area contributed by atoms with Crippen LogP contribution in [0.5, 0.6) is 0 Å². The van der Waals surface area contributed by atoms with Crippen LogP contribution in [-0.4, -0.2) is 11.7 Å². The van der Waals surface area contributed by atoms with E-state index in [2.05, 4.69) is 5.32 Å². The van der Waals surface area contributed by atoms with Crippen LogP contribution in [0.15, 0.2) is 48.5 Å². The quantitative estimate of drug-likeness (QED) is 0.856. The van der Waals surface area contributed by atoms with Gasteiger partial charge < -0.3 is 10.4 Å². The lowest BCUT2D eigenvalue weighted by atomic mass is 10.0. The SMILES string of the molecule is OCC(Nc1ccc(Cl)cc1)c1ccc(C(F)F)cc1. The van der Waals surface area contributed by atoms with Gasteiger partial charge in [-0.3, -0.25) is 0 Å². The molecule has 1 unspecified atom stereocenters. The zero-order chi connectivity index (χ0) is 14.5. The van der Waals surface area contributed by atoms with Crippen molar-refractivity contribution in [1.29, 1.82) is 0 Å². The first kappa shape index (κ1) is 14.8. The highest BCUT2D eigenvalue weighted by Gasteiger charge is 2.12. The van der Waals surface area contributed by atoms with E-state index in [1.807, 2.05) is 0 Å². The maximum Gasteiger partial charge on any atom is 0.263 e. The minimum absolute atomic E-state index is 0.0306. The zero-order valence-electron chi connectivity index (χ0n) is 10.6. The van der Waals surface area contributed by atoms with E-state index in [4.69, 9.17) is 11.6 Å². The summed E-state index contributed by atoms with van der Waals surface area (Å²) in [6.07, 6.45) is -2.49. The van der Waals surface area contributed by atoms with Crippen LogP contribution < -0.4 is 5.32 Å². The Kier molecular flexibility index (Phi) is 4.93. The van der Waals surface area contributed by atoms with Gasteiger partial charge in [0.1, 0.15) is 0 Å². The molecule has 0 aromatic heterocycles. The molecule has 2 aromatic rings. The fourth-order valence-electron chi connectivity index (χ4n) is 1.86. The first-order valence-electron chi connectivity index (χ1n) is 6.11. The van der Waals surface area contributed by atoms with Crippen molar-refractivity contribution in [2.24, 2.45) is 0 Å². The van der Waals surface area contributed by atoms with Crippen LogP contribution in [0, 0.1) is 0 Å². The summed E-state index contributed by atoms with van der Waals surface area (Å²) in [4.78, 5) is 0. The van der Waals surface area contributed by atoms with Crippen molar-refractivity contribution in [2.45, 2.75) is 12.5 Å². The highest BCUT2D eigenvalue weighted by molar-refractivity contribution is 6.30. The molecule has 1 atom stereocenters. The van der Waals surface area contributed by atoms with Crippen LogP contribution in [-0.2, 0) is 0 Å². The summed E-state index contributed by atoms with van der Waals surface area (Å²) >= 11 is 5.80. The van der Waals surface area contributed by atoms with Gasteiger partial charge >= 0.3 is 0 Å². The molecule has 0 bridgehead atoms. The van der Waals surface area contributed by atoms with Crippen LogP contribution >= 0.6 is 11.6 Å². The number of hydrogen-bond acceptors (Lipinski definition) is 2. The molecule has 0 aliphatic rings. The van der Waals surface area contributed by atoms with Gasteiger partial charge in [-0.15, -0.1) is 0 Å². The van der Waals surface area contributed by atoms with E-state index in [1.165, 1.54) is 12.1 Å². The number of halogens is 3. The van der Waals surface area contributed by atoms with Gasteiger partial charge in [0.05, 0.1) is 12.6 Å². The lowest BCUT2D eigenvalue weighted by Gasteiger charge is -2.18. The predicted molar refractivity (Wildman–Crippen MR) is 76.3 cm³/mol. The summed E-state index contributed by atoms with van der Waals surface area (Å²) in [5.41, 5.74) is 1.51. The van der Waals surface area contributed by atoms with E-state index in [9.17, 15) is 13.9 Å². The van der Waals surface area contributed by atoms with Crippen LogP contribution in [0.2, 0.25) is 5.02 Å². The third-order valence-electron chi connectivity index (χ3n) is 2.96. The molecular formula is C15H14ClF2NO.